The first-order valence-electron chi connectivity index (χ1n) is 9.84. The molecule has 0 heterocycles. The van der Waals surface area contributed by atoms with Crippen molar-refractivity contribution in [1.29, 1.82) is 0 Å². The van der Waals surface area contributed by atoms with E-state index in [4.69, 9.17) is 21.2 Å². The predicted octanol–water partition coefficient (Wildman–Crippen LogP) is 5.85. The molecule has 3 nitrogen and oxygen atoms in total. The van der Waals surface area contributed by atoms with Gasteiger partial charge in [0.25, 0.3) is 0 Å². The summed E-state index contributed by atoms with van der Waals surface area (Å²) in [4.78, 5) is 0. The molecule has 2 fully saturated rings. The first-order valence-corrected chi connectivity index (χ1v) is 17.6. The monoisotopic (exact) mass is 474 g/mol. The SMILES string of the molecule is [B][C@H]1CC(C)[C@@H](CO[P](C)(=[V])O[P](C)(=[V])OC[C@H]2C[C@@H](C)[C@@H](C)C2C)C1. The molecule has 0 saturated heterocycles. The molecule has 4 unspecified atom stereocenters. The molecule has 148 valence electrons. The van der Waals surface area contributed by atoms with E-state index in [2.05, 4.69) is 74.0 Å². The average Bonchev–Trinajstić information content (AvgIpc) is 2.95. The molecule has 2 radical (unpaired) electrons. The van der Waals surface area contributed by atoms with Crippen molar-refractivity contribution in [1.82, 2.24) is 0 Å². The van der Waals surface area contributed by atoms with E-state index >= 15 is 0 Å². The number of rotatable bonds is 8. The van der Waals surface area contributed by atoms with Gasteiger partial charge >= 0.3 is 180 Å². The van der Waals surface area contributed by atoms with Crippen molar-refractivity contribution in [3.63, 3.8) is 0 Å². The molecule has 0 aliphatic heterocycles. The molecule has 0 N–H and O–H groups in total. The maximum atomic E-state index is 6.39. The van der Waals surface area contributed by atoms with Gasteiger partial charge in [0, 0.05) is 0 Å². The van der Waals surface area contributed by atoms with Crippen molar-refractivity contribution >= 4 is 19.3 Å². The summed E-state index contributed by atoms with van der Waals surface area (Å²) in [6, 6.07) is 0. The third kappa shape index (κ3) is 7.04. The molecule has 0 spiro atoms. The van der Waals surface area contributed by atoms with E-state index in [0.29, 0.717) is 23.6 Å². The zero-order chi connectivity index (χ0) is 19.7. The van der Waals surface area contributed by atoms with Crippen molar-refractivity contribution in [2.75, 3.05) is 26.5 Å². The first kappa shape index (κ1) is 24.2. The molecular weight excluding hydrogens is 439 g/mol. The Morgan fingerprint density at radius 3 is 1.77 bits per heavy atom. The molecule has 9 atom stereocenters. The van der Waals surface area contributed by atoms with Crippen molar-refractivity contribution in [2.45, 2.75) is 52.8 Å². The molecule has 0 aromatic carbocycles. The zero-order valence-corrected chi connectivity index (χ0v) is 21.8. The molecule has 2 saturated carbocycles. The molecule has 2 rings (SSSR count). The Kier molecular flexibility index (Phi) is 9.19. The topological polar surface area (TPSA) is 27.7 Å². The quantitative estimate of drug-likeness (QED) is 0.327. The molecular formula is C18H35BO3P2V2. The Hall–Kier alpha value is 1.97. The van der Waals surface area contributed by atoms with Crippen LogP contribution in [0.2, 0.25) is 5.82 Å². The van der Waals surface area contributed by atoms with Crippen LogP contribution in [0, 0.1) is 35.5 Å². The van der Waals surface area contributed by atoms with Gasteiger partial charge in [0.2, 0.25) is 0 Å². The van der Waals surface area contributed by atoms with E-state index in [1.807, 2.05) is 0 Å². The summed E-state index contributed by atoms with van der Waals surface area (Å²) in [6.45, 7) is 15.1. The number of hydrogen-bond donors (Lipinski definition) is 0. The van der Waals surface area contributed by atoms with Crippen molar-refractivity contribution in [2.24, 2.45) is 35.5 Å². The fraction of sp³-hybridized carbons (Fsp3) is 1.00. The van der Waals surface area contributed by atoms with Gasteiger partial charge in [-0.3, -0.25) is 0 Å². The van der Waals surface area contributed by atoms with Crippen LogP contribution in [0.25, 0.3) is 0 Å². The molecule has 0 aromatic rings. The Balaban J connectivity index is 1.81. The fourth-order valence-corrected chi connectivity index (χ4v) is 13.9. The van der Waals surface area contributed by atoms with Crippen LogP contribution in [0.3, 0.4) is 0 Å². The van der Waals surface area contributed by atoms with Gasteiger partial charge < -0.3 is 0 Å². The van der Waals surface area contributed by atoms with Crippen LogP contribution >= 0.6 is 11.5 Å². The summed E-state index contributed by atoms with van der Waals surface area (Å²) in [6.07, 6.45) is 3.44. The summed E-state index contributed by atoms with van der Waals surface area (Å²) < 4.78 is 18.9. The van der Waals surface area contributed by atoms with E-state index in [0.717, 1.165) is 43.8 Å². The molecule has 2 aliphatic rings. The van der Waals surface area contributed by atoms with Crippen LogP contribution in [0.15, 0.2) is 0 Å². The normalized spacial score (nSPS) is 42.4. The van der Waals surface area contributed by atoms with Gasteiger partial charge in [-0.05, 0) is 0 Å². The average molecular weight is 474 g/mol. The van der Waals surface area contributed by atoms with E-state index in [-0.39, 0.29) is 0 Å². The van der Waals surface area contributed by atoms with Gasteiger partial charge in [-0.1, -0.05) is 0 Å². The van der Waals surface area contributed by atoms with Crippen LogP contribution in [0.5, 0.6) is 0 Å². The predicted molar refractivity (Wildman–Crippen MR) is 106 cm³/mol. The summed E-state index contributed by atoms with van der Waals surface area (Å²) in [5.74, 6) is 4.46. The van der Waals surface area contributed by atoms with Crippen LogP contribution in [-0.4, -0.2) is 34.4 Å². The molecule has 8 heteroatoms. The minimum atomic E-state index is -1.96. The van der Waals surface area contributed by atoms with Gasteiger partial charge in [-0.2, -0.15) is 0 Å². The van der Waals surface area contributed by atoms with E-state index in [1.165, 1.54) is 6.42 Å². The summed E-state index contributed by atoms with van der Waals surface area (Å²) in [5, 5.41) is 0. The van der Waals surface area contributed by atoms with Crippen LogP contribution in [0.4, 0.5) is 0 Å². The first-order chi connectivity index (χ1) is 11.9. The Morgan fingerprint density at radius 1 is 0.808 bits per heavy atom. The zero-order valence-electron chi connectivity index (χ0n) is 17.2. The molecule has 2 aliphatic carbocycles. The maximum absolute atomic E-state index is 6.39. The third-order valence-electron chi connectivity index (χ3n) is 6.59. The molecule has 26 heavy (non-hydrogen) atoms. The molecule has 0 amide bonds. The second-order valence-electron chi connectivity index (χ2n) is 8.94. The van der Waals surface area contributed by atoms with Gasteiger partial charge in [0.15, 0.2) is 0 Å². The van der Waals surface area contributed by atoms with Gasteiger partial charge in [-0.15, -0.1) is 0 Å². The Morgan fingerprint density at radius 2 is 1.35 bits per heavy atom. The van der Waals surface area contributed by atoms with Crippen molar-refractivity contribution in [3.8, 4) is 0 Å². The Bertz CT molecular complexity index is 577. The van der Waals surface area contributed by atoms with E-state index in [1.54, 1.807) is 0 Å². The summed E-state index contributed by atoms with van der Waals surface area (Å²) in [5.41, 5.74) is -3.91. The van der Waals surface area contributed by atoms with Gasteiger partial charge in [0.05, 0.1) is 0 Å². The molecule has 0 bridgehead atoms. The number of hydrogen-bond acceptors (Lipinski definition) is 3. The third-order valence-corrected chi connectivity index (χ3v) is 13.4. The van der Waals surface area contributed by atoms with Crippen molar-refractivity contribution in [3.05, 3.63) is 0 Å². The summed E-state index contributed by atoms with van der Waals surface area (Å²) in [7, 11) is 6.09. The summed E-state index contributed by atoms with van der Waals surface area (Å²) >= 11 is 5.31. The standard InChI is InChI=1S/C18H35BO3P2.2V/c1-12-7-17(15(4)14(12)3)11-21-24(6)22-23(5)20-10-16-9-18(19)8-13(16)2;;/h12-18H,7-11H2,1-6H3;;/t12-,13?,14-,15?,16-,17-,18+,23?,24?;;/m1../s1. The second-order valence-corrected chi connectivity index (χ2v) is 20.1. The van der Waals surface area contributed by atoms with Crippen LogP contribution < -0.4 is 0 Å². The van der Waals surface area contributed by atoms with E-state index < -0.39 is 11.5 Å². The van der Waals surface area contributed by atoms with Crippen LogP contribution in [-0.2, 0) is 46.3 Å². The van der Waals surface area contributed by atoms with Crippen molar-refractivity contribution < 1.29 is 46.3 Å². The Labute approximate surface area is 179 Å². The second kappa shape index (κ2) is 9.85. The molecule has 0 aromatic heterocycles. The van der Waals surface area contributed by atoms with Gasteiger partial charge in [-0.25, -0.2) is 0 Å². The minimum absolute atomic E-state index is 0.331. The van der Waals surface area contributed by atoms with Gasteiger partial charge in [0.1, 0.15) is 0 Å². The van der Waals surface area contributed by atoms with E-state index in [9.17, 15) is 0 Å². The fourth-order valence-electron chi connectivity index (χ4n) is 4.49. The van der Waals surface area contributed by atoms with Crippen LogP contribution in [0.1, 0.15) is 47.0 Å².